The molecule has 2 atom stereocenters. The number of nitrogens with one attached hydrogen (secondary N) is 2. The number of carbonyl (C=O) groups is 1. The third kappa shape index (κ3) is 4.97. The van der Waals surface area contributed by atoms with E-state index >= 15 is 0 Å². The predicted molar refractivity (Wildman–Crippen MR) is 108 cm³/mol. The van der Waals surface area contributed by atoms with Gasteiger partial charge in [-0.3, -0.25) is 0 Å². The highest BCUT2D eigenvalue weighted by Gasteiger charge is 2.43. The van der Waals surface area contributed by atoms with E-state index in [1.165, 1.54) is 6.07 Å². The molecule has 4 rings (SSSR count). The molecule has 0 saturated carbocycles. The lowest BCUT2D eigenvalue weighted by Gasteiger charge is -2.39. The van der Waals surface area contributed by atoms with E-state index in [4.69, 9.17) is 4.74 Å². The van der Waals surface area contributed by atoms with Gasteiger partial charge in [-0.1, -0.05) is 12.1 Å². The summed E-state index contributed by atoms with van der Waals surface area (Å²) in [5, 5.41) is 15.2. The largest absolute Gasteiger partial charge is 0.573 e. The summed E-state index contributed by atoms with van der Waals surface area (Å²) in [7, 11) is 0. The van der Waals surface area contributed by atoms with Gasteiger partial charge in [0, 0.05) is 30.2 Å². The molecule has 0 radical (unpaired) electrons. The van der Waals surface area contributed by atoms with Gasteiger partial charge in [-0.2, -0.15) is 0 Å². The summed E-state index contributed by atoms with van der Waals surface area (Å²) in [6, 6.07) is 6.80. The van der Waals surface area contributed by atoms with E-state index in [1.807, 2.05) is 6.07 Å². The fourth-order valence-corrected chi connectivity index (χ4v) is 4.24. The molecule has 33 heavy (non-hydrogen) atoms. The monoisotopic (exact) mass is 472 g/mol. The summed E-state index contributed by atoms with van der Waals surface area (Å²) in [6.45, 7) is -2.51. The fraction of sp³-hybridized carbons (Fsp3) is 0.409. The van der Waals surface area contributed by atoms with Crippen LogP contribution in [0.2, 0.25) is 0 Å². The Hall–Kier alpha value is -3.08. The van der Waals surface area contributed by atoms with Gasteiger partial charge in [-0.15, -0.1) is 13.2 Å². The second-order valence-corrected chi connectivity index (χ2v) is 8.16. The van der Waals surface area contributed by atoms with Crippen molar-refractivity contribution in [2.24, 2.45) is 0 Å². The molecule has 0 spiro atoms. The van der Waals surface area contributed by atoms with Gasteiger partial charge in [0.05, 0.1) is 12.1 Å². The molecule has 1 aliphatic heterocycles. The van der Waals surface area contributed by atoms with Crippen molar-refractivity contribution in [1.82, 2.24) is 5.32 Å². The van der Waals surface area contributed by atoms with Crippen LogP contribution < -0.4 is 20.1 Å². The van der Waals surface area contributed by atoms with Crippen molar-refractivity contribution in [2.45, 2.75) is 43.4 Å². The summed E-state index contributed by atoms with van der Waals surface area (Å²) in [6.07, 6.45) is -4.93. The molecule has 2 aromatic rings. The number of benzene rings is 2. The van der Waals surface area contributed by atoms with Gasteiger partial charge in [0.1, 0.15) is 24.8 Å². The van der Waals surface area contributed by atoms with Crippen molar-refractivity contribution in [3.05, 3.63) is 53.1 Å². The van der Waals surface area contributed by atoms with Gasteiger partial charge in [-0.25, -0.2) is 13.6 Å². The average Bonchev–Trinajstić information content (AvgIpc) is 3.13. The Morgan fingerprint density at radius 3 is 2.64 bits per heavy atom. The van der Waals surface area contributed by atoms with Crippen LogP contribution in [-0.2, 0) is 12.8 Å². The topological polar surface area (TPSA) is 79.8 Å². The number of ether oxygens (including phenoxy) is 2. The van der Waals surface area contributed by atoms with Crippen molar-refractivity contribution < 1.29 is 41.3 Å². The smallest absolute Gasteiger partial charge is 0.481 e. The Bertz CT molecular complexity index is 1040. The van der Waals surface area contributed by atoms with E-state index in [9.17, 15) is 31.9 Å². The number of alkyl halides is 5. The molecule has 0 bridgehead atoms. The highest BCUT2D eigenvalue weighted by atomic mass is 19.4. The van der Waals surface area contributed by atoms with E-state index < -0.39 is 49.2 Å². The van der Waals surface area contributed by atoms with Crippen LogP contribution in [0.15, 0.2) is 36.4 Å². The maximum Gasteiger partial charge on any atom is 0.573 e. The molecular weight excluding hydrogens is 451 g/mol. The number of urea groups is 1. The molecular formula is C22H21F5N2O4. The van der Waals surface area contributed by atoms with Crippen LogP contribution >= 0.6 is 0 Å². The SMILES string of the molecule is O=C(Nc1cccc2c1C[C@H](O)C2)N[C@@H]1CC(CF)(CF)Oc2cc(OC(F)(F)F)ccc21. The molecule has 6 nitrogen and oxygen atoms in total. The van der Waals surface area contributed by atoms with Crippen LogP contribution in [0.5, 0.6) is 11.5 Å². The predicted octanol–water partition coefficient (Wildman–Crippen LogP) is 4.37. The quantitative estimate of drug-likeness (QED) is 0.565. The number of aliphatic hydroxyl groups is 1. The maximum atomic E-state index is 13.7. The van der Waals surface area contributed by atoms with Crippen LogP contribution in [-0.4, -0.2) is 42.6 Å². The standard InChI is InChI=1S/C22H21F5N2O4/c23-10-21(11-24)9-18(15-5-4-14(8-19(15)33-21)32-22(25,26)27)29-20(31)28-17-3-1-2-12-6-13(30)7-16(12)17/h1-5,8,13,18,30H,6-7,9-11H2,(H2,28,29,31)/t13-,18-/m1/s1. The first-order valence-electron chi connectivity index (χ1n) is 10.2. The molecule has 3 N–H and O–H groups in total. The number of rotatable bonds is 5. The first kappa shape index (κ1) is 23.1. The zero-order valence-electron chi connectivity index (χ0n) is 17.2. The minimum absolute atomic E-state index is 0.215. The lowest BCUT2D eigenvalue weighted by molar-refractivity contribution is -0.274. The Kier molecular flexibility index (Phi) is 6.08. The summed E-state index contributed by atoms with van der Waals surface area (Å²) < 4.78 is 74.4. The maximum absolute atomic E-state index is 13.7. The minimum Gasteiger partial charge on any atom is -0.481 e. The second-order valence-electron chi connectivity index (χ2n) is 8.16. The van der Waals surface area contributed by atoms with Gasteiger partial charge in [-0.05, 0) is 35.7 Å². The number of anilines is 1. The summed E-state index contributed by atoms with van der Waals surface area (Å²) in [5.74, 6) is -0.830. The number of amides is 2. The lowest BCUT2D eigenvalue weighted by atomic mass is 9.88. The molecule has 2 aliphatic rings. The first-order valence-corrected chi connectivity index (χ1v) is 10.2. The first-order chi connectivity index (χ1) is 15.6. The molecule has 0 fully saturated rings. The molecule has 178 valence electrons. The van der Waals surface area contributed by atoms with E-state index in [-0.39, 0.29) is 17.7 Å². The minimum atomic E-state index is -4.96. The normalized spacial score (nSPS) is 20.9. The number of aliphatic hydroxyl groups excluding tert-OH is 1. The molecule has 1 heterocycles. The second kappa shape index (κ2) is 8.69. The lowest BCUT2D eigenvalue weighted by Crippen LogP contribution is -2.49. The van der Waals surface area contributed by atoms with Crippen molar-refractivity contribution in [3.8, 4) is 11.5 Å². The Morgan fingerprint density at radius 1 is 1.18 bits per heavy atom. The Balaban J connectivity index is 1.57. The van der Waals surface area contributed by atoms with Crippen LogP contribution in [0.3, 0.4) is 0 Å². The molecule has 11 heteroatoms. The number of carbonyl (C=O) groups excluding carboxylic acids is 1. The zero-order chi connectivity index (χ0) is 23.8. The third-order valence-corrected chi connectivity index (χ3v) is 5.71. The van der Waals surface area contributed by atoms with Crippen molar-refractivity contribution in [1.29, 1.82) is 0 Å². The zero-order valence-corrected chi connectivity index (χ0v) is 17.2. The van der Waals surface area contributed by atoms with Crippen LogP contribution in [0, 0.1) is 0 Å². The molecule has 0 aromatic heterocycles. The average molecular weight is 472 g/mol. The van der Waals surface area contributed by atoms with E-state index in [1.54, 1.807) is 12.1 Å². The van der Waals surface area contributed by atoms with Crippen LogP contribution in [0.1, 0.15) is 29.2 Å². The molecule has 1 aliphatic carbocycles. The molecule has 2 aromatic carbocycles. The number of fused-ring (bicyclic) bond motifs is 2. The van der Waals surface area contributed by atoms with Crippen LogP contribution in [0.4, 0.5) is 32.4 Å². The highest BCUT2D eigenvalue weighted by molar-refractivity contribution is 5.91. The molecule has 0 unspecified atom stereocenters. The van der Waals surface area contributed by atoms with E-state index in [0.717, 1.165) is 23.3 Å². The van der Waals surface area contributed by atoms with Gasteiger partial charge >= 0.3 is 12.4 Å². The number of halogens is 5. The van der Waals surface area contributed by atoms with Crippen molar-refractivity contribution in [2.75, 3.05) is 18.7 Å². The number of hydrogen-bond acceptors (Lipinski definition) is 4. The summed E-state index contributed by atoms with van der Waals surface area (Å²) in [5.41, 5.74) is 0.488. The van der Waals surface area contributed by atoms with Gasteiger partial charge in [0.15, 0.2) is 5.60 Å². The molecule has 2 amide bonds. The van der Waals surface area contributed by atoms with Crippen LogP contribution in [0.25, 0.3) is 0 Å². The van der Waals surface area contributed by atoms with E-state index in [0.29, 0.717) is 18.5 Å². The highest BCUT2D eigenvalue weighted by Crippen LogP contribution is 2.43. The van der Waals surface area contributed by atoms with Crippen molar-refractivity contribution >= 4 is 11.7 Å². The Labute approximate surface area is 185 Å². The number of hydrogen-bond donors (Lipinski definition) is 3. The fourth-order valence-electron chi connectivity index (χ4n) is 4.24. The van der Waals surface area contributed by atoms with E-state index in [2.05, 4.69) is 15.4 Å². The summed E-state index contributed by atoms with van der Waals surface area (Å²) in [4.78, 5) is 12.7. The van der Waals surface area contributed by atoms with Gasteiger partial charge < -0.3 is 25.2 Å². The Morgan fingerprint density at radius 2 is 1.94 bits per heavy atom. The third-order valence-electron chi connectivity index (χ3n) is 5.71. The van der Waals surface area contributed by atoms with Crippen molar-refractivity contribution in [3.63, 3.8) is 0 Å². The van der Waals surface area contributed by atoms with Gasteiger partial charge in [0.2, 0.25) is 0 Å². The summed E-state index contributed by atoms with van der Waals surface area (Å²) >= 11 is 0. The van der Waals surface area contributed by atoms with Gasteiger partial charge in [0.25, 0.3) is 0 Å². The molecule has 0 saturated heterocycles.